The zero-order valence-corrected chi connectivity index (χ0v) is 15.3. The highest BCUT2D eigenvalue weighted by atomic mass is 32.1. The van der Waals surface area contributed by atoms with Crippen LogP contribution in [-0.2, 0) is 16.0 Å². The van der Waals surface area contributed by atoms with Gasteiger partial charge in [-0.25, -0.2) is 4.98 Å². The molecule has 1 aliphatic heterocycles. The van der Waals surface area contributed by atoms with E-state index in [4.69, 9.17) is 0 Å². The summed E-state index contributed by atoms with van der Waals surface area (Å²) in [5.74, 6) is -0.209. The predicted octanol–water partition coefficient (Wildman–Crippen LogP) is 3.59. The minimum Gasteiger partial charge on any atom is -0.339 e. The molecule has 1 aliphatic carbocycles. The van der Waals surface area contributed by atoms with Crippen molar-refractivity contribution in [1.82, 2.24) is 9.88 Å². The standard InChI is InChI=1S/C19H23N3O2S/c1-2-12-7-8-15-16(9-12)25-19(20-15)21-18(24)13-10-17(23)22(11-13)14-5-3-4-6-14/h7-9,13-14H,2-6,10-11H2,1H3,(H,20,21,24). The van der Waals surface area contributed by atoms with Gasteiger partial charge in [-0.2, -0.15) is 0 Å². The van der Waals surface area contributed by atoms with Crippen LogP contribution in [-0.4, -0.2) is 34.3 Å². The number of likely N-dealkylation sites (tertiary alicyclic amines) is 1. The number of nitrogens with one attached hydrogen (secondary N) is 1. The van der Waals surface area contributed by atoms with Crippen LogP contribution in [0.25, 0.3) is 10.2 Å². The van der Waals surface area contributed by atoms with Gasteiger partial charge in [0.05, 0.1) is 16.1 Å². The molecule has 5 nitrogen and oxygen atoms in total. The van der Waals surface area contributed by atoms with Gasteiger partial charge in [-0.05, 0) is 37.0 Å². The zero-order valence-electron chi connectivity index (χ0n) is 14.5. The molecule has 1 saturated heterocycles. The third kappa shape index (κ3) is 3.27. The van der Waals surface area contributed by atoms with Gasteiger partial charge in [0.25, 0.3) is 0 Å². The summed E-state index contributed by atoms with van der Waals surface area (Å²) in [5.41, 5.74) is 2.18. The maximum atomic E-state index is 12.6. The van der Waals surface area contributed by atoms with Gasteiger partial charge in [0, 0.05) is 19.0 Å². The van der Waals surface area contributed by atoms with E-state index in [0.717, 1.165) is 29.5 Å². The normalized spacial score (nSPS) is 21.4. The molecule has 0 bridgehead atoms. The maximum Gasteiger partial charge on any atom is 0.231 e. The highest BCUT2D eigenvalue weighted by molar-refractivity contribution is 7.22. The molecule has 2 amide bonds. The summed E-state index contributed by atoms with van der Waals surface area (Å²) in [7, 11) is 0. The molecular formula is C19H23N3O2S. The molecular weight excluding hydrogens is 334 g/mol. The largest absolute Gasteiger partial charge is 0.339 e. The Morgan fingerprint density at radius 1 is 1.36 bits per heavy atom. The highest BCUT2D eigenvalue weighted by Gasteiger charge is 2.38. The van der Waals surface area contributed by atoms with Crippen molar-refractivity contribution in [2.24, 2.45) is 5.92 Å². The summed E-state index contributed by atoms with van der Waals surface area (Å²) in [6.07, 6.45) is 5.85. The second kappa shape index (κ2) is 6.75. The molecule has 0 spiro atoms. The molecule has 25 heavy (non-hydrogen) atoms. The summed E-state index contributed by atoms with van der Waals surface area (Å²) in [6.45, 7) is 2.68. The number of thiazole rings is 1. The summed E-state index contributed by atoms with van der Waals surface area (Å²) in [6, 6.07) is 6.55. The van der Waals surface area contributed by atoms with Gasteiger partial charge in [0.2, 0.25) is 11.8 Å². The molecule has 1 atom stereocenters. The number of carbonyl (C=O) groups is 2. The number of rotatable bonds is 4. The van der Waals surface area contributed by atoms with Crippen LogP contribution in [0.1, 0.15) is 44.6 Å². The molecule has 1 aromatic heterocycles. The molecule has 2 aliphatic rings. The number of amides is 2. The lowest BCUT2D eigenvalue weighted by Crippen LogP contribution is -2.35. The highest BCUT2D eigenvalue weighted by Crippen LogP contribution is 2.31. The van der Waals surface area contributed by atoms with E-state index in [-0.39, 0.29) is 17.7 Å². The topological polar surface area (TPSA) is 62.3 Å². The first-order valence-corrected chi connectivity index (χ1v) is 9.95. The first-order valence-electron chi connectivity index (χ1n) is 9.14. The third-order valence-electron chi connectivity index (χ3n) is 5.39. The zero-order chi connectivity index (χ0) is 17.4. The van der Waals surface area contributed by atoms with Crippen LogP contribution in [0.2, 0.25) is 0 Å². The van der Waals surface area contributed by atoms with Gasteiger partial charge in [-0.15, -0.1) is 0 Å². The average molecular weight is 357 g/mol. The fraction of sp³-hybridized carbons (Fsp3) is 0.526. The predicted molar refractivity (Wildman–Crippen MR) is 99.7 cm³/mol. The van der Waals surface area contributed by atoms with Crippen molar-refractivity contribution in [3.8, 4) is 0 Å². The van der Waals surface area contributed by atoms with Gasteiger partial charge in [-0.3, -0.25) is 9.59 Å². The first-order chi connectivity index (χ1) is 12.1. The van der Waals surface area contributed by atoms with Gasteiger partial charge < -0.3 is 10.2 Å². The van der Waals surface area contributed by atoms with Crippen molar-refractivity contribution in [2.75, 3.05) is 11.9 Å². The molecule has 1 saturated carbocycles. The van der Waals surface area contributed by atoms with E-state index in [1.165, 1.54) is 29.7 Å². The Morgan fingerprint density at radius 3 is 2.92 bits per heavy atom. The smallest absolute Gasteiger partial charge is 0.231 e. The van der Waals surface area contributed by atoms with Crippen molar-refractivity contribution in [3.63, 3.8) is 0 Å². The number of aromatic nitrogens is 1. The summed E-state index contributed by atoms with van der Waals surface area (Å²) in [5, 5.41) is 3.56. The van der Waals surface area contributed by atoms with Crippen LogP contribution in [0.3, 0.4) is 0 Å². The van der Waals surface area contributed by atoms with E-state index in [9.17, 15) is 9.59 Å². The molecule has 4 rings (SSSR count). The summed E-state index contributed by atoms with van der Waals surface area (Å²) >= 11 is 1.50. The Morgan fingerprint density at radius 2 is 2.16 bits per heavy atom. The fourth-order valence-corrected chi connectivity index (χ4v) is 4.86. The number of anilines is 1. The summed E-state index contributed by atoms with van der Waals surface area (Å²) < 4.78 is 1.09. The van der Waals surface area contributed by atoms with E-state index in [1.807, 2.05) is 11.0 Å². The molecule has 1 N–H and O–H groups in total. The van der Waals surface area contributed by atoms with Crippen LogP contribution in [0, 0.1) is 5.92 Å². The van der Waals surface area contributed by atoms with E-state index in [0.29, 0.717) is 24.1 Å². The van der Waals surface area contributed by atoms with E-state index >= 15 is 0 Å². The Balaban J connectivity index is 1.44. The van der Waals surface area contributed by atoms with Crippen molar-refractivity contribution in [2.45, 2.75) is 51.5 Å². The summed E-state index contributed by atoms with van der Waals surface area (Å²) in [4.78, 5) is 31.3. The lowest BCUT2D eigenvalue weighted by atomic mass is 10.1. The lowest BCUT2D eigenvalue weighted by molar-refractivity contribution is -0.129. The number of hydrogen-bond donors (Lipinski definition) is 1. The van der Waals surface area contributed by atoms with E-state index < -0.39 is 0 Å². The van der Waals surface area contributed by atoms with Crippen molar-refractivity contribution < 1.29 is 9.59 Å². The number of fused-ring (bicyclic) bond motifs is 1. The minimum atomic E-state index is -0.258. The minimum absolute atomic E-state index is 0.0800. The maximum absolute atomic E-state index is 12.6. The Kier molecular flexibility index (Phi) is 4.46. The third-order valence-corrected chi connectivity index (χ3v) is 6.32. The van der Waals surface area contributed by atoms with Gasteiger partial charge in [0.15, 0.2) is 5.13 Å². The van der Waals surface area contributed by atoms with Crippen molar-refractivity contribution >= 4 is 38.5 Å². The number of nitrogens with zero attached hydrogens (tertiary/aromatic N) is 2. The fourth-order valence-electron chi connectivity index (χ4n) is 3.93. The van der Waals surface area contributed by atoms with E-state index in [2.05, 4.69) is 29.4 Å². The van der Waals surface area contributed by atoms with Gasteiger partial charge >= 0.3 is 0 Å². The quantitative estimate of drug-likeness (QED) is 0.909. The van der Waals surface area contributed by atoms with Crippen LogP contribution in [0.4, 0.5) is 5.13 Å². The number of hydrogen-bond acceptors (Lipinski definition) is 4. The van der Waals surface area contributed by atoms with Crippen LogP contribution >= 0.6 is 11.3 Å². The Bertz CT molecular complexity index is 810. The van der Waals surface area contributed by atoms with Gasteiger partial charge in [-0.1, -0.05) is 37.2 Å². The molecule has 0 radical (unpaired) electrons. The average Bonchev–Trinajstić information content (AvgIpc) is 3.32. The molecule has 6 heteroatoms. The molecule has 2 aromatic rings. The molecule has 1 aromatic carbocycles. The van der Waals surface area contributed by atoms with E-state index in [1.54, 1.807) is 0 Å². The monoisotopic (exact) mass is 357 g/mol. The molecule has 1 unspecified atom stereocenters. The lowest BCUT2D eigenvalue weighted by Gasteiger charge is -2.23. The molecule has 2 heterocycles. The number of carbonyl (C=O) groups excluding carboxylic acids is 2. The van der Waals surface area contributed by atoms with Crippen LogP contribution < -0.4 is 5.32 Å². The first kappa shape index (κ1) is 16.5. The van der Waals surface area contributed by atoms with Crippen molar-refractivity contribution in [1.29, 1.82) is 0 Å². The number of benzene rings is 1. The van der Waals surface area contributed by atoms with Gasteiger partial charge in [0.1, 0.15) is 0 Å². The molecule has 2 fully saturated rings. The van der Waals surface area contributed by atoms with Crippen LogP contribution in [0.15, 0.2) is 18.2 Å². The number of aryl methyl sites for hydroxylation is 1. The van der Waals surface area contributed by atoms with Crippen LogP contribution in [0.5, 0.6) is 0 Å². The SMILES string of the molecule is CCc1ccc2nc(NC(=O)C3CC(=O)N(C4CCCC4)C3)sc2c1. The van der Waals surface area contributed by atoms with Crippen molar-refractivity contribution in [3.05, 3.63) is 23.8 Å². The Hall–Kier alpha value is -1.95. The Labute approximate surface area is 151 Å². The second-order valence-corrected chi connectivity index (χ2v) is 8.08. The second-order valence-electron chi connectivity index (χ2n) is 7.05. The molecule has 132 valence electrons.